The number of hydrogen-bond acceptors (Lipinski definition) is 4. The number of Topliss-reactive ketones (excluding diaryl/α,β-unsaturated/α-hetero) is 1. The van der Waals surface area contributed by atoms with Crippen LogP contribution in [0, 0.1) is 45.3 Å². The maximum Gasteiger partial charge on any atom is 0.138 e. The molecule has 35 heavy (non-hydrogen) atoms. The molecule has 0 amide bonds. The van der Waals surface area contributed by atoms with Crippen LogP contribution in [-0.2, 0) is 9.53 Å². The van der Waals surface area contributed by atoms with Gasteiger partial charge >= 0.3 is 0 Å². The van der Waals surface area contributed by atoms with Crippen molar-refractivity contribution in [2.75, 3.05) is 7.11 Å². The zero-order valence-corrected chi connectivity index (χ0v) is 23.9. The Hall–Kier alpha value is -0.710. The van der Waals surface area contributed by atoms with Crippen molar-refractivity contribution in [1.29, 1.82) is 0 Å². The minimum absolute atomic E-state index is 0.170. The maximum atomic E-state index is 12.8. The topological polar surface area (TPSA) is 66.8 Å². The molecule has 4 heteroatoms. The van der Waals surface area contributed by atoms with Gasteiger partial charge in [-0.3, -0.25) is 4.79 Å². The first-order valence-corrected chi connectivity index (χ1v) is 14.2. The van der Waals surface area contributed by atoms with E-state index in [1.54, 1.807) is 12.7 Å². The molecule has 4 rings (SSSR count). The third kappa shape index (κ3) is 3.83. The molecule has 3 fully saturated rings. The highest BCUT2D eigenvalue weighted by Gasteiger charge is 2.65. The number of carbonyl (C=O) groups is 1. The molecule has 0 aromatic heterocycles. The van der Waals surface area contributed by atoms with Crippen LogP contribution < -0.4 is 0 Å². The van der Waals surface area contributed by atoms with Crippen LogP contribution in [0.4, 0.5) is 0 Å². The van der Waals surface area contributed by atoms with Gasteiger partial charge in [-0.2, -0.15) is 0 Å². The van der Waals surface area contributed by atoms with Gasteiger partial charge in [0.2, 0.25) is 0 Å². The number of allylic oxidation sites excluding steroid dienone is 2. The van der Waals surface area contributed by atoms with E-state index in [0.29, 0.717) is 35.9 Å². The van der Waals surface area contributed by atoms with Gasteiger partial charge < -0.3 is 14.9 Å². The predicted molar refractivity (Wildman–Crippen MR) is 141 cm³/mol. The highest BCUT2D eigenvalue weighted by molar-refractivity contribution is 5.85. The van der Waals surface area contributed by atoms with E-state index < -0.39 is 17.8 Å². The number of aliphatic hydroxyl groups is 2. The lowest BCUT2D eigenvalue weighted by Crippen LogP contribution is -2.57. The van der Waals surface area contributed by atoms with E-state index in [2.05, 4.69) is 47.6 Å². The van der Waals surface area contributed by atoms with E-state index in [1.165, 1.54) is 25.7 Å². The van der Waals surface area contributed by atoms with E-state index >= 15 is 0 Å². The van der Waals surface area contributed by atoms with E-state index in [4.69, 9.17) is 4.74 Å². The van der Waals surface area contributed by atoms with E-state index in [1.807, 2.05) is 13.8 Å². The van der Waals surface area contributed by atoms with Crippen LogP contribution in [0.15, 0.2) is 11.6 Å². The van der Waals surface area contributed by atoms with Crippen molar-refractivity contribution < 1.29 is 19.7 Å². The quantitative estimate of drug-likeness (QED) is 0.429. The second-order valence-electron chi connectivity index (χ2n) is 14.6. The van der Waals surface area contributed by atoms with Crippen LogP contribution in [0.3, 0.4) is 0 Å². The van der Waals surface area contributed by atoms with E-state index in [0.717, 1.165) is 19.3 Å². The fraction of sp³-hybridized carbons (Fsp3) is 0.903. The molecule has 4 nitrogen and oxygen atoms in total. The Balaban J connectivity index is 1.59. The van der Waals surface area contributed by atoms with Crippen LogP contribution >= 0.6 is 0 Å². The van der Waals surface area contributed by atoms with Crippen LogP contribution in [-0.4, -0.2) is 40.9 Å². The van der Waals surface area contributed by atoms with Crippen molar-refractivity contribution in [3.8, 4) is 0 Å². The summed E-state index contributed by atoms with van der Waals surface area (Å²) in [5.74, 6) is 2.33. The molecule has 0 spiro atoms. The second kappa shape index (κ2) is 8.67. The van der Waals surface area contributed by atoms with Crippen LogP contribution in [0.1, 0.15) is 107 Å². The Kier molecular flexibility index (Phi) is 6.77. The number of hydrogen-bond donors (Lipinski definition) is 2. The number of aliphatic hydroxyl groups excluding tert-OH is 2. The van der Waals surface area contributed by atoms with Crippen molar-refractivity contribution in [1.82, 2.24) is 0 Å². The Morgan fingerprint density at radius 1 is 1.09 bits per heavy atom. The SMILES string of the molecule is COC(C)(C)C(O)C(O)CC(C)C1CCC2(C)C3=CCC4C(C)(C)C(=O)CCC4(C)C3CCC12C. The molecule has 4 aliphatic carbocycles. The first kappa shape index (κ1) is 27.3. The molecule has 0 bridgehead atoms. The minimum atomic E-state index is -0.901. The Bertz CT molecular complexity index is 873. The Morgan fingerprint density at radius 2 is 1.74 bits per heavy atom. The number of rotatable bonds is 6. The summed E-state index contributed by atoms with van der Waals surface area (Å²) in [4.78, 5) is 12.8. The van der Waals surface area contributed by atoms with Crippen molar-refractivity contribution in [2.45, 2.75) is 125 Å². The lowest BCUT2D eigenvalue weighted by Gasteiger charge is -2.63. The van der Waals surface area contributed by atoms with Gasteiger partial charge in [-0.15, -0.1) is 0 Å². The molecule has 200 valence electrons. The summed E-state index contributed by atoms with van der Waals surface area (Å²) >= 11 is 0. The lowest BCUT2D eigenvalue weighted by molar-refractivity contribution is -0.146. The number of carbonyl (C=O) groups excluding carboxylic acids is 1. The average Bonchev–Trinajstić information content (AvgIpc) is 3.07. The summed E-state index contributed by atoms with van der Waals surface area (Å²) in [5, 5.41) is 21.6. The van der Waals surface area contributed by atoms with Crippen LogP contribution in [0.5, 0.6) is 0 Å². The Morgan fingerprint density at radius 3 is 2.37 bits per heavy atom. The highest BCUT2D eigenvalue weighted by atomic mass is 16.5. The molecule has 0 radical (unpaired) electrons. The zero-order valence-electron chi connectivity index (χ0n) is 23.9. The standard InChI is InChI=1S/C31H52O4/c1-19(18-23(32)26(34)28(4,5)35-9)20-12-16-31(8)22-10-11-24-27(2,3)25(33)14-15-29(24,6)21(22)13-17-30(20,31)7/h10,19-21,23-24,26,32,34H,11-18H2,1-9H3. The fourth-order valence-corrected chi connectivity index (χ4v) is 9.72. The summed E-state index contributed by atoms with van der Waals surface area (Å²) in [6.07, 6.45) is 9.08. The average molecular weight is 489 g/mol. The highest BCUT2D eigenvalue weighted by Crippen LogP contribution is 2.73. The molecule has 4 aliphatic rings. The molecule has 0 heterocycles. The van der Waals surface area contributed by atoms with Crippen LogP contribution in [0.2, 0.25) is 0 Å². The third-order valence-corrected chi connectivity index (χ3v) is 12.5. The number of ketones is 1. The first-order valence-electron chi connectivity index (χ1n) is 14.2. The number of fused-ring (bicyclic) bond motifs is 5. The minimum Gasteiger partial charge on any atom is -0.390 e. The van der Waals surface area contributed by atoms with Gasteiger partial charge in [-0.25, -0.2) is 0 Å². The van der Waals surface area contributed by atoms with Gasteiger partial charge in [-0.1, -0.05) is 53.2 Å². The molecule has 3 saturated carbocycles. The molecule has 0 aromatic carbocycles. The van der Waals surface area contributed by atoms with Gasteiger partial charge in [0.25, 0.3) is 0 Å². The maximum absolute atomic E-state index is 12.8. The summed E-state index contributed by atoms with van der Waals surface area (Å²) in [7, 11) is 1.59. The van der Waals surface area contributed by atoms with Crippen molar-refractivity contribution >= 4 is 5.78 Å². The van der Waals surface area contributed by atoms with Gasteiger partial charge in [0.1, 0.15) is 11.9 Å². The fourth-order valence-electron chi connectivity index (χ4n) is 9.72. The Labute approximate surface area is 214 Å². The molecule has 0 saturated heterocycles. The van der Waals surface area contributed by atoms with Gasteiger partial charge in [0.15, 0.2) is 0 Å². The van der Waals surface area contributed by atoms with Crippen LogP contribution in [0.25, 0.3) is 0 Å². The summed E-state index contributed by atoms with van der Waals surface area (Å²) in [5.41, 5.74) is 1.27. The molecular formula is C31H52O4. The molecule has 0 aromatic rings. The van der Waals surface area contributed by atoms with Gasteiger partial charge in [-0.05, 0) is 98.7 Å². The van der Waals surface area contributed by atoms with Crippen molar-refractivity contribution in [2.24, 2.45) is 45.3 Å². The molecule has 2 N–H and O–H groups in total. The third-order valence-electron chi connectivity index (χ3n) is 12.5. The summed E-state index contributed by atoms with van der Waals surface area (Å²) < 4.78 is 5.44. The van der Waals surface area contributed by atoms with E-state index in [-0.39, 0.29) is 21.7 Å². The van der Waals surface area contributed by atoms with Crippen molar-refractivity contribution in [3.63, 3.8) is 0 Å². The first-order chi connectivity index (χ1) is 16.1. The van der Waals surface area contributed by atoms with Gasteiger partial charge in [0.05, 0.1) is 11.7 Å². The van der Waals surface area contributed by atoms with Crippen molar-refractivity contribution in [3.05, 3.63) is 11.6 Å². The molecule has 0 aliphatic heterocycles. The number of ether oxygens (including phenoxy) is 1. The normalized spacial score (nSPS) is 43.5. The number of methoxy groups -OCH3 is 1. The zero-order chi connectivity index (χ0) is 26.2. The van der Waals surface area contributed by atoms with E-state index in [9.17, 15) is 15.0 Å². The smallest absolute Gasteiger partial charge is 0.138 e. The van der Waals surface area contributed by atoms with Gasteiger partial charge in [0, 0.05) is 18.9 Å². The second-order valence-corrected chi connectivity index (χ2v) is 14.6. The largest absolute Gasteiger partial charge is 0.390 e. The monoisotopic (exact) mass is 488 g/mol. The molecular weight excluding hydrogens is 436 g/mol. The summed E-state index contributed by atoms with van der Waals surface area (Å²) in [6.45, 7) is 17.9. The summed E-state index contributed by atoms with van der Waals surface area (Å²) in [6, 6.07) is 0. The molecule has 9 atom stereocenters. The molecule has 9 unspecified atom stereocenters. The predicted octanol–water partition coefficient (Wildman–Crippen LogP) is 6.33. The lowest BCUT2D eigenvalue weighted by atomic mass is 9.41.